The van der Waals surface area contributed by atoms with E-state index in [-0.39, 0.29) is 11.9 Å². The van der Waals surface area contributed by atoms with Gasteiger partial charge in [0, 0.05) is 6.04 Å². The van der Waals surface area contributed by atoms with Gasteiger partial charge >= 0.3 is 0 Å². The Morgan fingerprint density at radius 1 is 0.875 bits per heavy atom. The molecule has 0 amide bonds. The van der Waals surface area contributed by atoms with Crippen LogP contribution in [0.1, 0.15) is 18.5 Å². The lowest BCUT2D eigenvalue weighted by Crippen LogP contribution is -2.04. The first-order valence-electron chi connectivity index (χ1n) is 5.28. The lowest BCUT2D eigenvalue weighted by atomic mass is 10.0. The van der Waals surface area contributed by atoms with E-state index in [4.69, 9.17) is 5.73 Å². The third kappa shape index (κ3) is 2.28. The normalized spacial score (nSPS) is 12.4. The number of nitrogens with two attached hydrogens (primary N) is 1. The summed E-state index contributed by atoms with van der Waals surface area (Å²) in [5.74, 6) is -0.212. The zero-order valence-electron chi connectivity index (χ0n) is 9.15. The topological polar surface area (TPSA) is 26.0 Å². The van der Waals surface area contributed by atoms with E-state index in [2.05, 4.69) is 0 Å². The van der Waals surface area contributed by atoms with Crippen LogP contribution in [0.3, 0.4) is 0 Å². The lowest BCUT2D eigenvalue weighted by Gasteiger charge is -2.07. The summed E-state index contributed by atoms with van der Waals surface area (Å²) in [4.78, 5) is 0. The lowest BCUT2D eigenvalue weighted by molar-refractivity contribution is 0.628. The molecule has 0 spiro atoms. The van der Waals surface area contributed by atoms with Gasteiger partial charge in [0.2, 0.25) is 0 Å². The molecule has 2 aromatic rings. The monoisotopic (exact) mass is 215 g/mol. The first-order valence-corrected chi connectivity index (χ1v) is 5.28. The van der Waals surface area contributed by atoms with Crippen LogP contribution >= 0.6 is 0 Å². The van der Waals surface area contributed by atoms with Crippen LogP contribution in [0.25, 0.3) is 11.1 Å². The molecule has 0 aliphatic carbocycles. The predicted molar refractivity (Wildman–Crippen MR) is 64.4 cm³/mol. The van der Waals surface area contributed by atoms with Crippen molar-refractivity contribution >= 4 is 0 Å². The van der Waals surface area contributed by atoms with E-state index in [1.54, 1.807) is 12.1 Å². The summed E-state index contributed by atoms with van der Waals surface area (Å²) in [6.45, 7) is 1.95. The second kappa shape index (κ2) is 4.45. The van der Waals surface area contributed by atoms with Crippen molar-refractivity contribution < 1.29 is 4.39 Å². The van der Waals surface area contributed by atoms with E-state index < -0.39 is 0 Å². The van der Waals surface area contributed by atoms with E-state index in [9.17, 15) is 4.39 Å². The Hall–Kier alpha value is -1.67. The molecule has 0 saturated heterocycles. The largest absolute Gasteiger partial charge is 0.324 e. The highest BCUT2D eigenvalue weighted by molar-refractivity contribution is 5.63. The van der Waals surface area contributed by atoms with Crippen LogP contribution in [-0.2, 0) is 0 Å². The summed E-state index contributed by atoms with van der Waals surface area (Å²) in [6, 6.07) is 14.5. The van der Waals surface area contributed by atoms with Crippen LogP contribution in [0.4, 0.5) is 4.39 Å². The number of hydrogen-bond acceptors (Lipinski definition) is 1. The van der Waals surface area contributed by atoms with Crippen LogP contribution < -0.4 is 5.73 Å². The minimum atomic E-state index is -0.212. The Bertz CT molecular complexity index is 457. The van der Waals surface area contributed by atoms with Crippen molar-refractivity contribution in [1.82, 2.24) is 0 Å². The molecule has 0 aliphatic rings. The quantitative estimate of drug-likeness (QED) is 0.815. The van der Waals surface area contributed by atoms with Crippen molar-refractivity contribution in [3.63, 3.8) is 0 Å². The molecule has 0 fully saturated rings. The maximum atomic E-state index is 12.8. The van der Waals surface area contributed by atoms with Gasteiger partial charge in [-0.25, -0.2) is 4.39 Å². The molecular formula is C14H14FN. The van der Waals surface area contributed by atoms with E-state index >= 15 is 0 Å². The molecule has 0 aromatic heterocycles. The fraction of sp³-hybridized carbons (Fsp3) is 0.143. The Balaban J connectivity index is 2.31. The average Bonchev–Trinajstić information content (AvgIpc) is 2.30. The standard InChI is InChI=1S/C14H14FN/c1-10(16)11-2-4-12(5-3-11)13-6-8-14(15)9-7-13/h2-10H,16H2,1H3/t10-/m1/s1. The first-order chi connectivity index (χ1) is 7.66. The van der Waals surface area contributed by atoms with E-state index in [1.807, 2.05) is 31.2 Å². The highest BCUT2D eigenvalue weighted by atomic mass is 19.1. The fourth-order valence-corrected chi connectivity index (χ4v) is 1.62. The molecule has 2 N–H and O–H groups in total. The van der Waals surface area contributed by atoms with Gasteiger partial charge in [0.05, 0.1) is 0 Å². The van der Waals surface area contributed by atoms with Gasteiger partial charge in [0.25, 0.3) is 0 Å². The second-order valence-electron chi connectivity index (χ2n) is 3.92. The maximum Gasteiger partial charge on any atom is 0.123 e. The highest BCUT2D eigenvalue weighted by Gasteiger charge is 2.01. The van der Waals surface area contributed by atoms with Gasteiger partial charge in [-0.2, -0.15) is 0 Å². The third-order valence-corrected chi connectivity index (χ3v) is 2.61. The Kier molecular flexibility index (Phi) is 3.02. The average molecular weight is 215 g/mol. The molecule has 1 atom stereocenters. The zero-order chi connectivity index (χ0) is 11.5. The molecule has 16 heavy (non-hydrogen) atoms. The van der Waals surface area contributed by atoms with Crippen molar-refractivity contribution in [2.24, 2.45) is 5.73 Å². The van der Waals surface area contributed by atoms with Crippen molar-refractivity contribution in [3.8, 4) is 11.1 Å². The van der Waals surface area contributed by atoms with Gasteiger partial charge in [-0.1, -0.05) is 36.4 Å². The highest BCUT2D eigenvalue weighted by Crippen LogP contribution is 2.21. The van der Waals surface area contributed by atoms with Crippen LogP contribution in [0, 0.1) is 5.82 Å². The second-order valence-corrected chi connectivity index (χ2v) is 3.92. The summed E-state index contributed by atoms with van der Waals surface area (Å²) in [6.07, 6.45) is 0. The van der Waals surface area contributed by atoms with Crippen molar-refractivity contribution in [3.05, 3.63) is 59.9 Å². The minimum Gasteiger partial charge on any atom is -0.324 e. The number of hydrogen-bond donors (Lipinski definition) is 1. The van der Waals surface area contributed by atoms with Crippen LogP contribution in [0.2, 0.25) is 0 Å². The Morgan fingerprint density at radius 2 is 1.31 bits per heavy atom. The van der Waals surface area contributed by atoms with E-state index in [0.29, 0.717) is 0 Å². The summed E-state index contributed by atoms with van der Waals surface area (Å²) in [7, 11) is 0. The zero-order valence-corrected chi connectivity index (χ0v) is 9.15. The molecule has 0 saturated carbocycles. The van der Waals surface area contributed by atoms with Gasteiger partial charge in [-0.05, 0) is 35.7 Å². The molecule has 0 radical (unpaired) electrons. The fourth-order valence-electron chi connectivity index (χ4n) is 1.62. The van der Waals surface area contributed by atoms with Gasteiger partial charge in [0.1, 0.15) is 5.82 Å². The molecule has 2 aromatic carbocycles. The van der Waals surface area contributed by atoms with E-state index in [0.717, 1.165) is 16.7 Å². The summed E-state index contributed by atoms with van der Waals surface area (Å²) in [5, 5.41) is 0. The van der Waals surface area contributed by atoms with Crippen LogP contribution in [-0.4, -0.2) is 0 Å². The maximum absolute atomic E-state index is 12.8. The Labute approximate surface area is 94.7 Å². The van der Waals surface area contributed by atoms with Crippen LogP contribution in [0.15, 0.2) is 48.5 Å². The summed E-state index contributed by atoms with van der Waals surface area (Å²) < 4.78 is 12.8. The van der Waals surface area contributed by atoms with Gasteiger partial charge in [-0.3, -0.25) is 0 Å². The van der Waals surface area contributed by atoms with E-state index in [1.165, 1.54) is 12.1 Å². The van der Waals surface area contributed by atoms with Crippen molar-refractivity contribution in [1.29, 1.82) is 0 Å². The molecule has 0 unspecified atom stereocenters. The number of halogens is 1. The molecule has 0 bridgehead atoms. The Morgan fingerprint density at radius 3 is 1.75 bits per heavy atom. The number of benzene rings is 2. The van der Waals surface area contributed by atoms with Gasteiger partial charge in [-0.15, -0.1) is 0 Å². The van der Waals surface area contributed by atoms with Crippen molar-refractivity contribution in [2.75, 3.05) is 0 Å². The molecule has 0 heterocycles. The molecule has 1 nitrogen and oxygen atoms in total. The molecule has 82 valence electrons. The predicted octanol–water partition coefficient (Wildman–Crippen LogP) is 3.51. The smallest absolute Gasteiger partial charge is 0.123 e. The molecule has 0 aliphatic heterocycles. The van der Waals surface area contributed by atoms with Crippen molar-refractivity contribution in [2.45, 2.75) is 13.0 Å². The summed E-state index contributed by atoms with van der Waals surface area (Å²) >= 11 is 0. The molecular weight excluding hydrogens is 201 g/mol. The van der Waals surface area contributed by atoms with Gasteiger partial charge < -0.3 is 5.73 Å². The van der Waals surface area contributed by atoms with Crippen LogP contribution in [0.5, 0.6) is 0 Å². The molecule has 2 rings (SSSR count). The first kappa shape index (κ1) is 10.8. The summed E-state index contributed by atoms with van der Waals surface area (Å²) in [5.41, 5.74) is 8.96. The third-order valence-electron chi connectivity index (χ3n) is 2.61. The number of rotatable bonds is 2. The minimum absolute atomic E-state index is 0.0438. The van der Waals surface area contributed by atoms with Gasteiger partial charge in [0.15, 0.2) is 0 Å². The SMILES string of the molecule is C[C@@H](N)c1ccc(-c2ccc(F)cc2)cc1. The molecule has 2 heteroatoms.